The molecule has 35 heavy (non-hydrogen) atoms. The van der Waals surface area contributed by atoms with Gasteiger partial charge in [0, 0.05) is 5.92 Å². The summed E-state index contributed by atoms with van der Waals surface area (Å²) in [7, 11) is -4.00. The molecule has 0 radical (unpaired) electrons. The van der Waals surface area contributed by atoms with Crippen molar-refractivity contribution >= 4 is 21.7 Å². The standard InChI is InChI=1S/C26H25N3O5S/c1-19(2)25-27-24(34-28-25)18-33-26(30)21-12-9-15-23(16-21)35(31,32)29(22-13-7-4-8-14-22)17-20-10-5-3-6-11-20/h3-16,19H,17-18H2,1-2H3. The zero-order chi connectivity index (χ0) is 24.8. The highest BCUT2D eigenvalue weighted by Gasteiger charge is 2.26. The first-order valence-corrected chi connectivity index (χ1v) is 12.5. The normalized spacial score (nSPS) is 11.4. The molecule has 3 aromatic carbocycles. The number of anilines is 1. The molecule has 0 spiro atoms. The Morgan fingerprint density at radius 2 is 1.66 bits per heavy atom. The summed E-state index contributed by atoms with van der Waals surface area (Å²) in [6.07, 6.45) is 0. The molecule has 1 heterocycles. The summed E-state index contributed by atoms with van der Waals surface area (Å²) in [6.45, 7) is 3.77. The van der Waals surface area contributed by atoms with Gasteiger partial charge in [-0.2, -0.15) is 4.98 Å². The first-order chi connectivity index (χ1) is 16.8. The number of ether oxygens (including phenoxy) is 1. The zero-order valence-corrected chi connectivity index (χ0v) is 20.2. The Morgan fingerprint density at radius 1 is 0.971 bits per heavy atom. The number of hydrogen-bond donors (Lipinski definition) is 0. The smallest absolute Gasteiger partial charge is 0.338 e. The van der Waals surface area contributed by atoms with E-state index in [1.165, 1.54) is 28.6 Å². The van der Waals surface area contributed by atoms with Crippen molar-refractivity contribution in [1.29, 1.82) is 0 Å². The molecule has 0 aliphatic carbocycles. The van der Waals surface area contributed by atoms with Crippen LogP contribution in [0.15, 0.2) is 94.3 Å². The van der Waals surface area contributed by atoms with Gasteiger partial charge < -0.3 is 9.26 Å². The van der Waals surface area contributed by atoms with Gasteiger partial charge in [-0.3, -0.25) is 4.31 Å². The minimum absolute atomic E-state index is 0.0216. The molecular formula is C26H25N3O5S. The molecule has 4 aromatic rings. The van der Waals surface area contributed by atoms with Crippen LogP contribution in [0, 0.1) is 0 Å². The van der Waals surface area contributed by atoms with Crippen LogP contribution in [0.4, 0.5) is 5.69 Å². The Bertz CT molecular complexity index is 1390. The number of hydrogen-bond acceptors (Lipinski definition) is 7. The van der Waals surface area contributed by atoms with E-state index in [0.29, 0.717) is 11.5 Å². The highest BCUT2D eigenvalue weighted by atomic mass is 32.2. The number of esters is 1. The summed E-state index contributed by atoms with van der Waals surface area (Å²) in [5.41, 5.74) is 1.44. The summed E-state index contributed by atoms with van der Waals surface area (Å²) in [4.78, 5) is 16.8. The SMILES string of the molecule is CC(C)c1noc(COC(=O)c2cccc(S(=O)(=O)N(Cc3ccccc3)c3ccccc3)c2)n1. The average Bonchev–Trinajstić information content (AvgIpc) is 3.36. The summed E-state index contributed by atoms with van der Waals surface area (Å²) in [6, 6.07) is 23.9. The van der Waals surface area contributed by atoms with Gasteiger partial charge in [0.25, 0.3) is 15.9 Å². The minimum Gasteiger partial charge on any atom is -0.452 e. The van der Waals surface area contributed by atoms with Crippen LogP contribution in [0.2, 0.25) is 0 Å². The second kappa shape index (κ2) is 10.5. The Kier molecular flexibility index (Phi) is 7.26. The van der Waals surface area contributed by atoms with Crippen molar-refractivity contribution in [2.75, 3.05) is 4.31 Å². The molecule has 180 valence electrons. The number of carbonyl (C=O) groups is 1. The molecule has 0 saturated carbocycles. The molecule has 0 aliphatic rings. The average molecular weight is 492 g/mol. The quantitative estimate of drug-likeness (QED) is 0.305. The van der Waals surface area contributed by atoms with Gasteiger partial charge in [0.15, 0.2) is 12.4 Å². The number of carbonyl (C=O) groups excluding carboxylic acids is 1. The van der Waals surface area contributed by atoms with Crippen LogP contribution in [0.5, 0.6) is 0 Å². The number of aromatic nitrogens is 2. The third-order valence-corrected chi connectivity index (χ3v) is 6.97. The fourth-order valence-corrected chi connectivity index (χ4v) is 4.84. The fourth-order valence-electron chi connectivity index (χ4n) is 3.34. The minimum atomic E-state index is -4.00. The number of rotatable bonds is 9. The van der Waals surface area contributed by atoms with Crippen LogP contribution in [0.25, 0.3) is 0 Å². The molecule has 0 unspecified atom stereocenters. The summed E-state index contributed by atoms with van der Waals surface area (Å²) in [5.74, 6) is 0.0710. The van der Waals surface area contributed by atoms with E-state index < -0.39 is 16.0 Å². The molecule has 4 rings (SSSR count). The number of para-hydroxylation sites is 1. The van der Waals surface area contributed by atoms with E-state index in [1.54, 1.807) is 24.3 Å². The number of sulfonamides is 1. The Balaban J connectivity index is 1.58. The van der Waals surface area contributed by atoms with E-state index in [1.807, 2.05) is 50.2 Å². The molecule has 0 fully saturated rings. The van der Waals surface area contributed by atoms with Gasteiger partial charge in [-0.15, -0.1) is 0 Å². The van der Waals surface area contributed by atoms with Gasteiger partial charge in [0.1, 0.15) is 0 Å². The van der Waals surface area contributed by atoms with E-state index in [0.717, 1.165) is 5.56 Å². The molecule has 0 bridgehead atoms. The van der Waals surface area contributed by atoms with Gasteiger partial charge in [0.05, 0.1) is 22.7 Å². The molecule has 0 atom stereocenters. The molecule has 8 nitrogen and oxygen atoms in total. The fraction of sp³-hybridized carbons (Fsp3) is 0.192. The number of benzene rings is 3. The van der Waals surface area contributed by atoms with Crippen molar-refractivity contribution in [1.82, 2.24) is 10.1 Å². The van der Waals surface area contributed by atoms with Crippen molar-refractivity contribution in [2.45, 2.75) is 37.8 Å². The summed E-state index contributed by atoms with van der Waals surface area (Å²) < 4.78 is 39.1. The lowest BCUT2D eigenvalue weighted by Gasteiger charge is -2.25. The Labute approximate surface area is 204 Å². The first kappa shape index (κ1) is 24.2. The van der Waals surface area contributed by atoms with Gasteiger partial charge in [-0.25, -0.2) is 13.2 Å². The van der Waals surface area contributed by atoms with Crippen molar-refractivity contribution in [3.05, 3.63) is 108 Å². The second-order valence-corrected chi connectivity index (χ2v) is 10.0. The van der Waals surface area contributed by atoms with Gasteiger partial charge in [-0.05, 0) is 35.9 Å². The highest BCUT2D eigenvalue weighted by molar-refractivity contribution is 7.92. The lowest BCUT2D eigenvalue weighted by atomic mass is 10.2. The van der Waals surface area contributed by atoms with Crippen molar-refractivity contribution in [2.24, 2.45) is 0 Å². The zero-order valence-electron chi connectivity index (χ0n) is 19.4. The van der Waals surface area contributed by atoms with E-state index >= 15 is 0 Å². The lowest BCUT2D eigenvalue weighted by Crippen LogP contribution is -2.30. The maximum atomic E-state index is 13.7. The molecule has 1 aromatic heterocycles. The van der Waals surface area contributed by atoms with Gasteiger partial charge in [0.2, 0.25) is 0 Å². The maximum absolute atomic E-state index is 13.7. The van der Waals surface area contributed by atoms with Crippen LogP contribution in [0.1, 0.15) is 47.4 Å². The molecule has 9 heteroatoms. The predicted octanol–water partition coefficient (Wildman–Crippen LogP) is 4.95. The Morgan fingerprint density at radius 3 is 2.31 bits per heavy atom. The van der Waals surface area contributed by atoms with Gasteiger partial charge >= 0.3 is 5.97 Å². The molecule has 0 N–H and O–H groups in total. The molecular weight excluding hydrogens is 466 g/mol. The summed E-state index contributed by atoms with van der Waals surface area (Å²) in [5, 5.41) is 3.83. The maximum Gasteiger partial charge on any atom is 0.338 e. The van der Waals surface area contributed by atoms with Crippen molar-refractivity contribution in [3.8, 4) is 0 Å². The van der Waals surface area contributed by atoms with E-state index in [4.69, 9.17) is 9.26 Å². The second-order valence-electron chi connectivity index (χ2n) is 8.14. The first-order valence-electron chi connectivity index (χ1n) is 11.1. The van der Waals surface area contributed by atoms with E-state index in [-0.39, 0.29) is 35.4 Å². The van der Waals surface area contributed by atoms with E-state index in [2.05, 4.69) is 10.1 Å². The van der Waals surface area contributed by atoms with Crippen molar-refractivity contribution in [3.63, 3.8) is 0 Å². The third-order valence-electron chi connectivity index (χ3n) is 5.20. The largest absolute Gasteiger partial charge is 0.452 e. The monoisotopic (exact) mass is 491 g/mol. The van der Waals surface area contributed by atoms with Crippen LogP contribution in [-0.2, 0) is 27.9 Å². The molecule has 0 saturated heterocycles. The molecule has 0 aliphatic heterocycles. The highest BCUT2D eigenvalue weighted by Crippen LogP contribution is 2.26. The molecule has 0 amide bonds. The van der Waals surface area contributed by atoms with Crippen LogP contribution in [-0.4, -0.2) is 24.5 Å². The van der Waals surface area contributed by atoms with Crippen LogP contribution >= 0.6 is 0 Å². The summed E-state index contributed by atoms with van der Waals surface area (Å²) >= 11 is 0. The third kappa shape index (κ3) is 5.75. The van der Waals surface area contributed by atoms with Crippen LogP contribution in [0.3, 0.4) is 0 Å². The Hall–Kier alpha value is -3.98. The predicted molar refractivity (Wildman–Crippen MR) is 130 cm³/mol. The lowest BCUT2D eigenvalue weighted by molar-refractivity contribution is 0.0429. The number of nitrogens with zero attached hydrogens (tertiary/aromatic N) is 3. The van der Waals surface area contributed by atoms with Crippen LogP contribution < -0.4 is 4.31 Å². The topological polar surface area (TPSA) is 103 Å². The van der Waals surface area contributed by atoms with E-state index in [9.17, 15) is 13.2 Å². The van der Waals surface area contributed by atoms with Crippen molar-refractivity contribution < 1.29 is 22.5 Å². The van der Waals surface area contributed by atoms with Gasteiger partial charge in [-0.1, -0.05) is 73.6 Å².